The van der Waals surface area contributed by atoms with E-state index in [0.29, 0.717) is 0 Å². The molecule has 0 atom stereocenters. The minimum atomic E-state index is 0.780. The average molecular weight is 318 g/mol. The Labute approximate surface area is 137 Å². The highest BCUT2D eigenvalue weighted by atomic mass is 32.2. The Bertz CT molecular complexity index is 992. The van der Waals surface area contributed by atoms with Gasteiger partial charge in [-0.3, -0.25) is 4.40 Å². The summed E-state index contributed by atoms with van der Waals surface area (Å²) in [7, 11) is 0. The first kappa shape index (κ1) is 14.0. The topological polar surface area (TPSA) is 43.1 Å². The lowest BCUT2D eigenvalue weighted by atomic mass is 10.2. The molecule has 0 N–H and O–H groups in total. The molecule has 0 aliphatic rings. The van der Waals surface area contributed by atoms with E-state index in [1.807, 2.05) is 52.9 Å². The van der Waals surface area contributed by atoms with Crippen molar-refractivity contribution in [1.29, 1.82) is 0 Å². The van der Waals surface area contributed by atoms with Crippen molar-refractivity contribution in [2.75, 3.05) is 5.75 Å². The van der Waals surface area contributed by atoms with E-state index in [2.05, 4.69) is 28.9 Å². The lowest BCUT2D eigenvalue weighted by Crippen LogP contribution is -1.99. The molecule has 0 saturated carbocycles. The number of hydrogen-bond acceptors (Lipinski definition) is 4. The van der Waals surface area contributed by atoms with Crippen LogP contribution < -0.4 is 0 Å². The standard InChI is InChI=1S/C18H14N4S/c1-2-12-23-18-21-20-17-14-10-6-7-11-15(14)19-16(22(17)18)13-8-4-3-5-9-13/h2-11H,1,12H2. The van der Waals surface area contributed by atoms with Crippen LogP contribution in [0.3, 0.4) is 0 Å². The Morgan fingerprint density at radius 1 is 1.00 bits per heavy atom. The molecule has 2 heterocycles. The van der Waals surface area contributed by atoms with E-state index >= 15 is 0 Å². The van der Waals surface area contributed by atoms with Gasteiger partial charge in [0.05, 0.1) is 5.52 Å². The zero-order valence-corrected chi connectivity index (χ0v) is 13.2. The van der Waals surface area contributed by atoms with Gasteiger partial charge in [-0.15, -0.1) is 16.8 Å². The third-order valence-electron chi connectivity index (χ3n) is 3.58. The molecule has 2 aromatic carbocycles. The first-order valence-electron chi connectivity index (χ1n) is 7.31. The molecular formula is C18H14N4S. The second-order valence-corrected chi connectivity index (χ2v) is 6.05. The Morgan fingerprint density at radius 3 is 2.61 bits per heavy atom. The number of rotatable bonds is 4. The van der Waals surface area contributed by atoms with Crippen LogP contribution in [0.2, 0.25) is 0 Å². The van der Waals surface area contributed by atoms with Crippen LogP contribution in [0, 0.1) is 0 Å². The van der Waals surface area contributed by atoms with Gasteiger partial charge < -0.3 is 0 Å². The fraction of sp³-hybridized carbons (Fsp3) is 0.0556. The van der Waals surface area contributed by atoms with Crippen molar-refractivity contribution in [1.82, 2.24) is 19.6 Å². The normalized spacial score (nSPS) is 11.1. The summed E-state index contributed by atoms with van der Waals surface area (Å²) in [4.78, 5) is 4.86. The molecule has 2 aromatic heterocycles. The van der Waals surface area contributed by atoms with E-state index in [-0.39, 0.29) is 0 Å². The van der Waals surface area contributed by atoms with Crippen molar-refractivity contribution in [3.63, 3.8) is 0 Å². The smallest absolute Gasteiger partial charge is 0.197 e. The van der Waals surface area contributed by atoms with Gasteiger partial charge >= 0.3 is 0 Å². The van der Waals surface area contributed by atoms with Crippen molar-refractivity contribution < 1.29 is 0 Å². The van der Waals surface area contributed by atoms with Gasteiger partial charge in [-0.1, -0.05) is 60.3 Å². The summed E-state index contributed by atoms with van der Waals surface area (Å²) in [6, 6.07) is 18.2. The summed E-state index contributed by atoms with van der Waals surface area (Å²) < 4.78 is 2.03. The van der Waals surface area contributed by atoms with E-state index < -0.39 is 0 Å². The quantitative estimate of drug-likeness (QED) is 0.417. The van der Waals surface area contributed by atoms with Crippen LogP contribution in [-0.4, -0.2) is 25.3 Å². The minimum absolute atomic E-state index is 0.780. The van der Waals surface area contributed by atoms with Crippen LogP contribution >= 0.6 is 11.8 Å². The second kappa shape index (κ2) is 5.85. The van der Waals surface area contributed by atoms with E-state index in [1.54, 1.807) is 11.8 Å². The highest BCUT2D eigenvalue weighted by molar-refractivity contribution is 7.99. The van der Waals surface area contributed by atoms with Crippen LogP contribution in [0.4, 0.5) is 0 Å². The number of hydrogen-bond donors (Lipinski definition) is 0. The Morgan fingerprint density at radius 2 is 1.78 bits per heavy atom. The summed E-state index contributed by atoms with van der Waals surface area (Å²) in [6.45, 7) is 3.78. The lowest BCUT2D eigenvalue weighted by Gasteiger charge is -2.09. The van der Waals surface area contributed by atoms with Gasteiger partial charge in [0.1, 0.15) is 5.82 Å². The predicted molar refractivity (Wildman–Crippen MR) is 94.6 cm³/mol. The van der Waals surface area contributed by atoms with Crippen LogP contribution in [-0.2, 0) is 0 Å². The molecule has 0 aliphatic carbocycles. The number of nitrogens with zero attached hydrogens (tertiary/aromatic N) is 4. The molecule has 23 heavy (non-hydrogen) atoms. The molecule has 112 valence electrons. The Hall–Kier alpha value is -2.66. The molecule has 4 rings (SSSR count). The van der Waals surface area contributed by atoms with Crippen molar-refractivity contribution in [2.45, 2.75) is 5.16 Å². The highest BCUT2D eigenvalue weighted by Crippen LogP contribution is 2.28. The van der Waals surface area contributed by atoms with E-state index in [1.165, 1.54) is 0 Å². The number of para-hydroxylation sites is 1. The molecule has 0 spiro atoms. The summed E-state index contributed by atoms with van der Waals surface area (Å²) in [5, 5.41) is 10.6. The largest absolute Gasteiger partial charge is 0.253 e. The summed E-state index contributed by atoms with van der Waals surface area (Å²) in [5.41, 5.74) is 2.80. The van der Waals surface area contributed by atoms with Crippen LogP contribution in [0.5, 0.6) is 0 Å². The van der Waals surface area contributed by atoms with Gasteiger partial charge in [0.15, 0.2) is 10.8 Å². The third kappa shape index (κ3) is 2.39. The zero-order valence-electron chi connectivity index (χ0n) is 12.4. The third-order valence-corrected chi connectivity index (χ3v) is 4.50. The first-order valence-corrected chi connectivity index (χ1v) is 8.30. The molecule has 4 aromatic rings. The maximum Gasteiger partial charge on any atom is 0.197 e. The molecule has 0 bridgehead atoms. The summed E-state index contributed by atoms with van der Waals surface area (Å²) in [6.07, 6.45) is 1.86. The van der Waals surface area contributed by atoms with Gasteiger partial charge in [-0.25, -0.2) is 4.98 Å². The van der Waals surface area contributed by atoms with Crippen molar-refractivity contribution in [3.05, 3.63) is 67.3 Å². The maximum absolute atomic E-state index is 4.86. The molecule has 0 radical (unpaired) electrons. The molecule has 0 amide bonds. The van der Waals surface area contributed by atoms with Crippen LogP contribution in [0.1, 0.15) is 0 Å². The van der Waals surface area contributed by atoms with Gasteiger partial charge in [0, 0.05) is 16.7 Å². The Kier molecular flexibility index (Phi) is 3.55. The number of fused-ring (bicyclic) bond motifs is 3. The van der Waals surface area contributed by atoms with Crippen molar-refractivity contribution in [3.8, 4) is 11.4 Å². The number of aromatic nitrogens is 4. The minimum Gasteiger partial charge on any atom is -0.253 e. The SMILES string of the molecule is C=CCSc1nnc2c3ccccc3nc(-c3ccccc3)n12. The van der Waals surface area contributed by atoms with Crippen LogP contribution in [0.25, 0.3) is 27.9 Å². The maximum atomic E-state index is 4.86. The summed E-state index contributed by atoms with van der Waals surface area (Å²) in [5.74, 6) is 1.64. The molecule has 0 fully saturated rings. The van der Waals surface area contributed by atoms with E-state index in [0.717, 1.165) is 38.8 Å². The summed E-state index contributed by atoms with van der Waals surface area (Å²) >= 11 is 1.61. The fourth-order valence-corrected chi connectivity index (χ4v) is 3.23. The lowest BCUT2D eigenvalue weighted by molar-refractivity contribution is 0.915. The predicted octanol–water partition coefficient (Wildman–Crippen LogP) is 4.22. The van der Waals surface area contributed by atoms with Crippen molar-refractivity contribution in [2.24, 2.45) is 0 Å². The zero-order chi connectivity index (χ0) is 15.6. The van der Waals surface area contributed by atoms with Gasteiger partial charge in [-0.05, 0) is 12.1 Å². The number of thioether (sulfide) groups is 1. The molecule has 4 nitrogen and oxygen atoms in total. The highest BCUT2D eigenvalue weighted by Gasteiger charge is 2.15. The van der Waals surface area contributed by atoms with Crippen LogP contribution in [0.15, 0.2) is 72.4 Å². The van der Waals surface area contributed by atoms with Gasteiger partial charge in [0.25, 0.3) is 0 Å². The molecule has 0 aliphatic heterocycles. The number of benzene rings is 2. The molecule has 0 unspecified atom stereocenters. The molecule has 5 heteroatoms. The average Bonchev–Trinajstić information content (AvgIpc) is 3.04. The van der Waals surface area contributed by atoms with Gasteiger partial charge in [0.2, 0.25) is 0 Å². The second-order valence-electron chi connectivity index (χ2n) is 5.06. The van der Waals surface area contributed by atoms with E-state index in [4.69, 9.17) is 4.98 Å². The van der Waals surface area contributed by atoms with Crippen molar-refractivity contribution >= 4 is 28.3 Å². The van der Waals surface area contributed by atoms with Gasteiger partial charge in [-0.2, -0.15) is 0 Å². The Balaban J connectivity index is 2.08. The first-order chi connectivity index (χ1) is 11.4. The fourth-order valence-electron chi connectivity index (χ4n) is 2.57. The monoisotopic (exact) mass is 318 g/mol. The van der Waals surface area contributed by atoms with E-state index in [9.17, 15) is 0 Å². The molecular weight excluding hydrogens is 304 g/mol. The molecule has 0 saturated heterocycles.